The summed E-state index contributed by atoms with van der Waals surface area (Å²) in [6.45, 7) is 7.18. The number of amides is 2. The number of hydrogen-bond acceptors (Lipinski definition) is 5. The minimum atomic E-state index is -4.12. The van der Waals surface area contributed by atoms with Crippen LogP contribution in [0.5, 0.6) is 5.88 Å². The van der Waals surface area contributed by atoms with Crippen molar-refractivity contribution in [2.24, 2.45) is 5.41 Å². The van der Waals surface area contributed by atoms with Gasteiger partial charge in [-0.15, -0.1) is 0 Å². The molecule has 166 valence electrons. The summed E-state index contributed by atoms with van der Waals surface area (Å²) < 4.78 is 35.3. The summed E-state index contributed by atoms with van der Waals surface area (Å²) in [5.41, 5.74) is 5.50. The Balaban J connectivity index is 1.40. The average molecular weight is 445 g/mol. The number of nitrogens with zero attached hydrogens (tertiary/aromatic N) is 2. The Morgan fingerprint density at radius 3 is 2.87 bits per heavy atom. The summed E-state index contributed by atoms with van der Waals surface area (Å²) in [7, 11) is -4.12. The van der Waals surface area contributed by atoms with E-state index in [1.165, 1.54) is 22.0 Å². The number of benzene rings is 1. The molecule has 2 aliphatic carbocycles. The number of urea groups is 1. The number of hydrogen-bond donors (Lipinski definition) is 2. The third-order valence-electron chi connectivity index (χ3n) is 6.59. The van der Waals surface area contributed by atoms with Gasteiger partial charge in [0.1, 0.15) is 0 Å². The predicted octanol–water partition coefficient (Wildman–Crippen LogP) is 3.35. The Hall–Kier alpha value is -2.55. The first-order valence-corrected chi connectivity index (χ1v) is 12.3. The highest BCUT2D eigenvalue weighted by atomic mass is 32.2. The second-order valence-electron chi connectivity index (χ2n) is 9.73. The third kappa shape index (κ3) is 3.48. The standard InChI is InChI=1S/C22H28N4O4S/c1-13-7-8-16-17(13)9-14-5-4-6-15(14)19(16)24-21(27)25-31(28,29)18-10-23-26-11-22(2,3)12-30-20(18)26/h9-10,13H,4-8,11-12H2,1-3H3,(H2,24,25,27). The minimum absolute atomic E-state index is 0.115. The van der Waals surface area contributed by atoms with Crippen LogP contribution >= 0.6 is 0 Å². The van der Waals surface area contributed by atoms with Crippen molar-refractivity contribution in [2.45, 2.75) is 70.2 Å². The molecule has 2 aromatic rings. The van der Waals surface area contributed by atoms with Crippen LogP contribution < -0.4 is 14.8 Å². The van der Waals surface area contributed by atoms with Crippen LogP contribution in [0, 0.1) is 5.41 Å². The number of ether oxygens (including phenoxy) is 1. The van der Waals surface area contributed by atoms with Crippen LogP contribution in [-0.4, -0.2) is 30.8 Å². The second kappa shape index (κ2) is 6.98. The third-order valence-corrected chi connectivity index (χ3v) is 7.91. The van der Waals surface area contributed by atoms with Gasteiger partial charge in [-0.25, -0.2) is 22.6 Å². The van der Waals surface area contributed by atoms with Crippen LogP contribution in [0.3, 0.4) is 0 Å². The fraction of sp³-hybridized carbons (Fsp3) is 0.545. The Labute approximate surface area is 182 Å². The van der Waals surface area contributed by atoms with Gasteiger partial charge in [-0.3, -0.25) is 0 Å². The Morgan fingerprint density at radius 1 is 1.26 bits per heavy atom. The van der Waals surface area contributed by atoms with Crippen LogP contribution in [-0.2, 0) is 35.8 Å². The lowest BCUT2D eigenvalue weighted by molar-refractivity contribution is 0.0970. The molecule has 9 heteroatoms. The molecule has 5 rings (SSSR count). The Bertz CT molecular complexity index is 1180. The van der Waals surface area contributed by atoms with Crippen LogP contribution in [0.4, 0.5) is 10.5 Å². The van der Waals surface area contributed by atoms with E-state index in [0.29, 0.717) is 19.1 Å². The van der Waals surface area contributed by atoms with Gasteiger partial charge in [0.25, 0.3) is 10.0 Å². The lowest BCUT2D eigenvalue weighted by atomic mass is 9.94. The molecule has 1 aromatic carbocycles. The highest BCUT2D eigenvalue weighted by Crippen LogP contribution is 2.43. The molecule has 1 aliphatic heterocycles. The van der Waals surface area contributed by atoms with E-state index in [1.807, 2.05) is 13.8 Å². The summed E-state index contributed by atoms with van der Waals surface area (Å²) in [6.07, 6.45) is 6.14. The van der Waals surface area contributed by atoms with Crippen molar-refractivity contribution in [1.29, 1.82) is 0 Å². The number of sulfonamides is 1. The van der Waals surface area contributed by atoms with Gasteiger partial charge in [0.2, 0.25) is 5.88 Å². The van der Waals surface area contributed by atoms with E-state index in [9.17, 15) is 13.2 Å². The maximum Gasteiger partial charge on any atom is 0.333 e. The van der Waals surface area contributed by atoms with Crippen molar-refractivity contribution >= 4 is 21.7 Å². The maximum atomic E-state index is 12.9. The molecule has 2 heterocycles. The zero-order valence-corrected chi connectivity index (χ0v) is 18.9. The number of carbonyl (C=O) groups excluding carboxylic acids is 1. The molecule has 3 aliphatic rings. The SMILES string of the molecule is CC1CCc2c1cc1c(c2NC(=O)NS(=O)(=O)c2cnn3c2OCC(C)(C)C3)CCC1. The van der Waals surface area contributed by atoms with E-state index in [4.69, 9.17) is 4.74 Å². The highest BCUT2D eigenvalue weighted by Gasteiger charge is 2.34. The smallest absolute Gasteiger partial charge is 0.333 e. The van der Waals surface area contributed by atoms with Crippen molar-refractivity contribution in [2.75, 3.05) is 11.9 Å². The van der Waals surface area contributed by atoms with E-state index in [-0.39, 0.29) is 16.2 Å². The molecular formula is C22H28N4O4S. The summed E-state index contributed by atoms with van der Waals surface area (Å²) >= 11 is 0. The van der Waals surface area contributed by atoms with Gasteiger partial charge < -0.3 is 10.1 Å². The number of aromatic nitrogens is 2. The Morgan fingerprint density at radius 2 is 2.06 bits per heavy atom. The summed E-state index contributed by atoms with van der Waals surface area (Å²) in [5, 5.41) is 7.03. The number of carbonyl (C=O) groups is 1. The molecule has 1 unspecified atom stereocenters. The number of anilines is 1. The predicted molar refractivity (Wildman–Crippen MR) is 116 cm³/mol. The first-order valence-electron chi connectivity index (χ1n) is 10.8. The summed E-state index contributed by atoms with van der Waals surface area (Å²) in [6, 6.07) is 1.53. The molecule has 1 aromatic heterocycles. The molecule has 2 amide bonds. The minimum Gasteiger partial charge on any atom is -0.476 e. The number of nitrogens with one attached hydrogen (secondary N) is 2. The van der Waals surface area contributed by atoms with E-state index in [2.05, 4.69) is 28.1 Å². The molecule has 0 radical (unpaired) electrons. The Kier molecular flexibility index (Phi) is 4.58. The van der Waals surface area contributed by atoms with Gasteiger partial charge in [-0.05, 0) is 60.3 Å². The summed E-state index contributed by atoms with van der Waals surface area (Å²) in [4.78, 5) is 12.7. The van der Waals surface area contributed by atoms with Crippen molar-refractivity contribution < 1.29 is 17.9 Å². The quantitative estimate of drug-likeness (QED) is 0.756. The van der Waals surface area contributed by atoms with Gasteiger partial charge in [-0.2, -0.15) is 5.10 Å². The monoisotopic (exact) mass is 444 g/mol. The first-order chi connectivity index (χ1) is 14.6. The number of aryl methyl sites for hydroxylation is 1. The lowest BCUT2D eigenvalue weighted by Crippen LogP contribution is -2.36. The van der Waals surface area contributed by atoms with Crippen LogP contribution in [0.1, 0.15) is 61.8 Å². The van der Waals surface area contributed by atoms with Gasteiger partial charge >= 0.3 is 6.03 Å². The van der Waals surface area contributed by atoms with E-state index in [1.54, 1.807) is 0 Å². The van der Waals surface area contributed by atoms with Gasteiger partial charge in [0, 0.05) is 11.1 Å². The zero-order chi connectivity index (χ0) is 22.0. The average Bonchev–Trinajstić information content (AvgIpc) is 3.39. The topological polar surface area (TPSA) is 102 Å². The molecule has 1 atom stereocenters. The van der Waals surface area contributed by atoms with Crippen LogP contribution in [0.2, 0.25) is 0 Å². The molecular weight excluding hydrogens is 416 g/mol. The molecule has 2 N–H and O–H groups in total. The molecule has 31 heavy (non-hydrogen) atoms. The first kappa shape index (κ1) is 20.4. The van der Waals surface area contributed by atoms with Crippen LogP contribution in [0.15, 0.2) is 17.2 Å². The highest BCUT2D eigenvalue weighted by molar-refractivity contribution is 7.90. The van der Waals surface area contributed by atoms with Gasteiger partial charge in [-0.1, -0.05) is 26.8 Å². The van der Waals surface area contributed by atoms with Crippen molar-refractivity contribution in [3.05, 3.63) is 34.5 Å². The number of rotatable bonds is 3. The fourth-order valence-electron chi connectivity index (χ4n) is 5.02. The molecule has 0 bridgehead atoms. The van der Waals surface area contributed by atoms with Gasteiger partial charge in [0.05, 0.1) is 19.3 Å². The molecule has 0 saturated heterocycles. The molecule has 0 fully saturated rings. The lowest BCUT2D eigenvalue weighted by Gasteiger charge is -2.30. The summed E-state index contributed by atoms with van der Waals surface area (Å²) in [5.74, 6) is 0.628. The van der Waals surface area contributed by atoms with Crippen molar-refractivity contribution in [1.82, 2.24) is 14.5 Å². The normalized spacial score (nSPS) is 21.1. The van der Waals surface area contributed by atoms with Crippen molar-refractivity contribution in [3.63, 3.8) is 0 Å². The molecule has 0 spiro atoms. The zero-order valence-electron chi connectivity index (χ0n) is 18.1. The van der Waals surface area contributed by atoms with Crippen molar-refractivity contribution in [3.8, 4) is 5.88 Å². The maximum absolute atomic E-state index is 12.9. The molecule has 8 nitrogen and oxygen atoms in total. The molecule has 0 saturated carbocycles. The van der Waals surface area contributed by atoms with E-state index in [0.717, 1.165) is 48.9 Å². The van der Waals surface area contributed by atoms with E-state index >= 15 is 0 Å². The van der Waals surface area contributed by atoms with Gasteiger partial charge in [0.15, 0.2) is 4.90 Å². The second-order valence-corrected chi connectivity index (χ2v) is 11.4. The fourth-order valence-corrected chi connectivity index (χ4v) is 6.01. The largest absolute Gasteiger partial charge is 0.476 e. The number of fused-ring (bicyclic) bond motifs is 3. The van der Waals surface area contributed by atoms with E-state index < -0.39 is 16.1 Å². The van der Waals surface area contributed by atoms with Crippen LogP contribution in [0.25, 0.3) is 0 Å².